The molecular weight excluding hydrogens is 877 g/mol. The average Bonchev–Trinajstić information content (AvgIpc) is 3.37. The van der Waals surface area contributed by atoms with Crippen molar-refractivity contribution in [2.75, 3.05) is 13.2 Å². The van der Waals surface area contributed by atoms with Crippen molar-refractivity contribution in [3.63, 3.8) is 0 Å². The lowest BCUT2D eigenvalue weighted by Crippen LogP contribution is -2.30. The summed E-state index contributed by atoms with van der Waals surface area (Å²) in [5, 5.41) is 0. The van der Waals surface area contributed by atoms with Crippen molar-refractivity contribution in [2.24, 2.45) is 0 Å². The monoisotopic (exact) mass is 995 g/mol. The van der Waals surface area contributed by atoms with E-state index in [-0.39, 0.29) is 31.1 Å². The van der Waals surface area contributed by atoms with Gasteiger partial charge in [-0.2, -0.15) is 0 Å². The van der Waals surface area contributed by atoms with Gasteiger partial charge < -0.3 is 14.2 Å². The first kappa shape index (κ1) is 68.4. The normalized spacial score (nSPS) is 12.3. The van der Waals surface area contributed by atoms with Gasteiger partial charge in [-0.1, -0.05) is 275 Å². The first-order valence-electron chi connectivity index (χ1n) is 31.1. The van der Waals surface area contributed by atoms with E-state index in [1.165, 1.54) is 212 Å². The first-order chi connectivity index (χ1) is 35.0. The van der Waals surface area contributed by atoms with Crippen LogP contribution < -0.4 is 0 Å². The Hall–Kier alpha value is -2.63. The Bertz CT molecular complexity index is 1230. The molecule has 0 fully saturated rings. The summed E-state index contributed by atoms with van der Waals surface area (Å²) in [6.45, 7) is 6.66. The summed E-state index contributed by atoms with van der Waals surface area (Å²) >= 11 is 0. The van der Waals surface area contributed by atoms with Crippen LogP contribution in [-0.4, -0.2) is 37.2 Å². The maximum absolute atomic E-state index is 12.9. The van der Waals surface area contributed by atoms with Crippen LogP contribution >= 0.6 is 0 Å². The molecule has 1 unspecified atom stereocenters. The number of allylic oxidation sites excluding steroid dienone is 8. The van der Waals surface area contributed by atoms with E-state index in [4.69, 9.17) is 14.2 Å². The Morgan fingerprint density at radius 3 is 0.803 bits per heavy atom. The number of unbranched alkanes of at least 4 members (excludes halogenated alkanes) is 38. The fourth-order valence-corrected chi connectivity index (χ4v) is 9.09. The van der Waals surface area contributed by atoms with E-state index in [9.17, 15) is 14.4 Å². The van der Waals surface area contributed by atoms with Crippen LogP contribution in [0.25, 0.3) is 0 Å². The Morgan fingerprint density at radius 1 is 0.282 bits per heavy atom. The van der Waals surface area contributed by atoms with Crippen molar-refractivity contribution in [3.05, 3.63) is 48.6 Å². The molecule has 0 saturated carbocycles. The zero-order valence-electron chi connectivity index (χ0n) is 47.5. The Labute approximate surface area is 441 Å². The number of esters is 3. The molecule has 0 rings (SSSR count). The van der Waals surface area contributed by atoms with Crippen molar-refractivity contribution in [1.82, 2.24) is 0 Å². The molecule has 0 heterocycles. The van der Waals surface area contributed by atoms with Crippen LogP contribution in [0.3, 0.4) is 0 Å². The number of hydrogen-bond donors (Lipinski definition) is 0. The third-order valence-corrected chi connectivity index (χ3v) is 13.8. The van der Waals surface area contributed by atoms with Crippen molar-refractivity contribution in [3.8, 4) is 0 Å². The molecule has 0 aromatic heterocycles. The van der Waals surface area contributed by atoms with Crippen LogP contribution in [0.1, 0.15) is 329 Å². The minimum Gasteiger partial charge on any atom is -0.462 e. The second kappa shape index (κ2) is 59.9. The predicted octanol–water partition coefficient (Wildman–Crippen LogP) is 21.0. The SMILES string of the molecule is CCCCCCC/C=C\C/C=C\C/C=C\CCCCCCCCC(=O)OCC(COC(=O)CCCCCCCCCCCCCCCC)OC(=O)CCCCCCCCC/C=C\CCCCCCCCC. The van der Waals surface area contributed by atoms with Gasteiger partial charge in [0.05, 0.1) is 0 Å². The zero-order chi connectivity index (χ0) is 51.4. The highest BCUT2D eigenvalue weighted by molar-refractivity contribution is 5.71. The van der Waals surface area contributed by atoms with Gasteiger partial charge in [0.1, 0.15) is 13.2 Å². The summed E-state index contributed by atoms with van der Waals surface area (Å²) in [7, 11) is 0. The fourth-order valence-electron chi connectivity index (χ4n) is 9.09. The maximum atomic E-state index is 12.9. The third-order valence-electron chi connectivity index (χ3n) is 13.8. The first-order valence-corrected chi connectivity index (χ1v) is 31.1. The lowest BCUT2D eigenvalue weighted by molar-refractivity contribution is -0.167. The third kappa shape index (κ3) is 58.1. The molecule has 0 aliphatic carbocycles. The average molecular weight is 996 g/mol. The van der Waals surface area contributed by atoms with Crippen LogP contribution in [0.2, 0.25) is 0 Å². The molecule has 0 aliphatic heterocycles. The van der Waals surface area contributed by atoms with E-state index >= 15 is 0 Å². The molecule has 0 radical (unpaired) electrons. The van der Waals surface area contributed by atoms with Crippen molar-refractivity contribution in [1.29, 1.82) is 0 Å². The van der Waals surface area contributed by atoms with Crippen LogP contribution in [0.4, 0.5) is 0 Å². The fraction of sp³-hybridized carbons (Fsp3) is 0.831. The number of carbonyl (C=O) groups excluding carboxylic acids is 3. The highest BCUT2D eigenvalue weighted by Crippen LogP contribution is 2.16. The van der Waals surface area contributed by atoms with E-state index in [1.807, 2.05) is 0 Å². The van der Waals surface area contributed by atoms with Crippen LogP contribution in [0.15, 0.2) is 48.6 Å². The summed E-state index contributed by atoms with van der Waals surface area (Å²) in [5.74, 6) is -0.875. The largest absolute Gasteiger partial charge is 0.462 e. The lowest BCUT2D eigenvalue weighted by atomic mass is 10.0. The van der Waals surface area contributed by atoms with Gasteiger partial charge in [-0.25, -0.2) is 0 Å². The van der Waals surface area contributed by atoms with Gasteiger partial charge in [0.15, 0.2) is 6.10 Å². The number of ether oxygens (including phenoxy) is 3. The van der Waals surface area contributed by atoms with E-state index in [0.717, 1.165) is 77.0 Å². The Morgan fingerprint density at radius 2 is 0.507 bits per heavy atom. The second-order valence-corrected chi connectivity index (χ2v) is 21.0. The summed E-state index contributed by atoms with van der Waals surface area (Å²) in [6, 6.07) is 0. The molecule has 0 saturated heterocycles. The standard InChI is InChI=1S/C65H118O6/c1-4-7-10-13-16-19-22-25-28-30-32-33-34-36-37-40-43-46-49-52-55-58-64(67)70-61-62(60-69-63(66)57-54-51-48-45-42-39-27-24-21-18-15-12-9-6-3)71-65(68)59-56-53-50-47-44-41-38-35-31-29-26-23-20-17-14-11-8-5-2/h22,25,29-32,34,36,62H,4-21,23-24,26-28,33,35,37-61H2,1-3H3/b25-22-,31-29-,32-30-,36-34-. The van der Waals surface area contributed by atoms with Gasteiger partial charge in [0.2, 0.25) is 0 Å². The smallest absolute Gasteiger partial charge is 0.306 e. The van der Waals surface area contributed by atoms with Crippen molar-refractivity contribution < 1.29 is 28.6 Å². The summed E-state index contributed by atoms with van der Waals surface area (Å²) in [6.07, 6.45) is 73.9. The molecule has 71 heavy (non-hydrogen) atoms. The van der Waals surface area contributed by atoms with E-state index < -0.39 is 6.10 Å². The lowest BCUT2D eigenvalue weighted by Gasteiger charge is -2.18. The minimum atomic E-state index is -0.779. The van der Waals surface area contributed by atoms with Crippen LogP contribution in [0.5, 0.6) is 0 Å². The van der Waals surface area contributed by atoms with Gasteiger partial charge in [-0.05, 0) is 83.5 Å². The number of carbonyl (C=O) groups is 3. The topological polar surface area (TPSA) is 78.9 Å². The molecule has 0 amide bonds. The molecule has 0 spiro atoms. The molecule has 0 aliphatic rings. The molecular formula is C65H118O6. The number of rotatable bonds is 57. The van der Waals surface area contributed by atoms with E-state index in [0.29, 0.717) is 19.3 Å². The van der Waals surface area contributed by atoms with E-state index in [2.05, 4.69) is 69.4 Å². The second-order valence-electron chi connectivity index (χ2n) is 21.0. The summed E-state index contributed by atoms with van der Waals surface area (Å²) in [5.41, 5.74) is 0. The number of hydrogen-bond acceptors (Lipinski definition) is 6. The van der Waals surface area contributed by atoms with E-state index in [1.54, 1.807) is 0 Å². The quantitative estimate of drug-likeness (QED) is 0.0261. The minimum absolute atomic E-state index is 0.0758. The molecule has 6 nitrogen and oxygen atoms in total. The highest BCUT2D eigenvalue weighted by Gasteiger charge is 2.19. The molecule has 0 N–H and O–H groups in total. The summed E-state index contributed by atoms with van der Waals surface area (Å²) < 4.78 is 16.9. The van der Waals surface area contributed by atoms with Gasteiger partial charge >= 0.3 is 17.9 Å². The summed E-state index contributed by atoms with van der Waals surface area (Å²) in [4.78, 5) is 38.3. The van der Waals surface area contributed by atoms with Crippen LogP contribution in [0, 0.1) is 0 Å². The predicted molar refractivity (Wildman–Crippen MR) is 307 cm³/mol. The molecule has 0 bridgehead atoms. The molecule has 0 aromatic rings. The maximum Gasteiger partial charge on any atom is 0.306 e. The molecule has 414 valence electrons. The molecule has 6 heteroatoms. The zero-order valence-corrected chi connectivity index (χ0v) is 47.5. The molecule has 1 atom stereocenters. The Kier molecular flexibility index (Phi) is 57.7. The highest BCUT2D eigenvalue weighted by atomic mass is 16.6. The van der Waals surface area contributed by atoms with Crippen molar-refractivity contribution >= 4 is 17.9 Å². The molecule has 0 aromatic carbocycles. The van der Waals surface area contributed by atoms with Gasteiger partial charge in [-0.3, -0.25) is 14.4 Å². The van der Waals surface area contributed by atoms with Gasteiger partial charge in [0.25, 0.3) is 0 Å². The van der Waals surface area contributed by atoms with Gasteiger partial charge in [-0.15, -0.1) is 0 Å². The van der Waals surface area contributed by atoms with Gasteiger partial charge in [0, 0.05) is 19.3 Å². The Balaban J connectivity index is 4.36. The van der Waals surface area contributed by atoms with Crippen molar-refractivity contribution in [2.45, 2.75) is 335 Å². The van der Waals surface area contributed by atoms with Crippen LogP contribution in [-0.2, 0) is 28.6 Å².